The predicted octanol–water partition coefficient (Wildman–Crippen LogP) is 4.67. The van der Waals surface area contributed by atoms with Crippen LogP contribution in [-0.2, 0) is 20.9 Å². The van der Waals surface area contributed by atoms with Gasteiger partial charge in [-0.05, 0) is 30.3 Å². The summed E-state index contributed by atoms with van der Waals surface area (Å²) in [5.41, 5.74) is 1.73. The summed E-state index contributed by atoms with van der Waals surface area (Å²) in [5, 5.41) is 13.6. The second kappa shape index (κ2) is 8.82. The Labute approximate surface area is 176 Å². The molecule has 6 nitrogen and oxygen atoms in total. The standard InChI is InChI=1S/C21H15Cl2N3O3/c1-29-20(27)12-26-11-14(16-4-2-3-5-19(16)26)8-13(10-24)21(28)25-15-6-7-17(22)18(23)9-15/h2-9,11H,12H2,1H3,(H,25,28)/b13-8+. The first kappa shape index (κ1) is 20.5. The number of anilines is 1. The fourth-order valence-corrected chi connectivity index (χ4v) is 3.10. The lowest BCUT2D eigenvalue weighted by Crippen LogP contribution is -2.13. The Morgan fingerprint density at radius 2 is 1.97 bits per heavy atom. The van der Waals surface area contributed by atoms with E-state index < -0.39 is 11.9 Å². The van der Waals surface area contributed by atoms with Crippen molar-refractivity contribution in [1.29, 1.82) is 5.26 Å². The Balaban J connectivity index is 1.95. The van der Waals surface area contributed by atoms with E-state index in [9.17, 15) is 14.9 Å². The Kier molecular flexibility index (Phi) is 6.23. The molecule has 0 aliphatic heterocycles. The Hall–Kier alpha value is -3.27. The number of nitriles is 1. The van der Waals surface area contributed by atoms with Crippen molar-refractivity contribution in [1.82, 2.24) is 4.57 Å². The maximum absolute atomic E-state index is 12.6. The van der Waals surface area contributed by atoms with Gasteiger partial charge in [0.25, 0.3) is 5.91 Å². The molecule has 3 aromatic rings. The number of rotatable bonds is 5. The molecule has 8 heteroatoms. The molecule has 3 rings (SSSR count). The third-order valence-electron chi connectivity index (χ3n) is 4.19. The number of methoxy groups -OCH3 is 1. The quantitative estimate of drug-likeness (QED) is 0.364. The van der Waals surface area contributed by atoms with Gasteiger partial charge in [0.15, 0.2) is 0 Å². The highest BCUT2D eigenvalue weighted by Gasteiger charge is 2.14. The van der Waals surface area contributed by atoms with Gasteiger partial charge in [-0.3, -0.25) is 9.59 Å². The van der Waals surface area contributed by atoms with Crippen LogP contribution < -0.4 is 5.32 Å². The van der Waals surface area contributed by atoms with E-state index in [0.717, 1.165) is 10.9 Å². The molecule has 2 aromatic carbocycles. The van der Waals surface area contributed by atoms with Gasteiger partial charge in [0.1, 0.15) is 18.2 Å². The molecule has 0 radical (unpaired) electrons. The van der Waals surface area contributed by atoms with E-state index in [0.29, 0.717) is 16.3 Å². The number of carbonyl (C=O) groups is 2. The molecule has 0 aliphatic rings. The first-order valence-corrected chi connectivity index (χ1v) is 9.21. The molecule has 1 aromatic heterocycles. The van der Waals surface area contributed by atoms with Crippen LogP contribution in [0.2, 0.25) is 10.0 Å². The van der Waals surface area contributed by atoms with Crippen LogP contribution in [0.4, 0.5) is 5.69 Å². The van der Waals surface area contributed by atoms with Crippen molar-refractivity contribution < 1.29 is 14.3 Å². The molecule has 146 valence electrons. The third kappa shape index (κ3) is 4.60. The number of amides is 1. The number of esters is 1. The zero-order chi connectivity index (χ0) is 21.0. The molecule has 0 saturated heterocycles. The van der Waals surface area contributed by atoms with Crippen LogP contribution in [0.25, 0.3) is 17.0 Å². The first-order valence-electron chi connectivity index (χ1n) is 8.46. The van der Waals surface area contributed by atoms with Crippen molar-refractivity contribution >= 4 is 57.7 Å². The van der Waals surface area contributed by atoms with E-state index in [1.165, 1.54) is 19.3 Å². The highest BCUT2D eigenvalue weighted by atomic mass is 35.5. The smallest absolute Gasteiger partial charge is 0.325 e. The predicted molar refractivity (Wildman–Crippen MR) is 113 cm³/mol. The molecule has 0 bridgehead atoms. The van der Waals surface area contributed by atoms with Gasteiger partial charge >= 0.3 is 5.97 Å². The lowest BCUT2D eigenvalue weighted by Gasteiger charge is -2.05. The summed E-state index contributed by atoms with van der Waals surface area (Å²) >= 11 is 11.8. The fourth-order valence-electron chi connectivity index (χ4n) is 2.80. The number of nitrogens with zero attached hydrogens (tertiary/aromatic N) is 2. The lowest BCUT2D eigenvalue weighted by molar-refractivity contribution is -0.141. The van der Waals surface area contributed by atoms with Gasteiger partial charge in [-0.1, -0.05) is 41.4 Å². The summed E-state index contributed by atoms with van der Waals surface area (Å²) in [6, 6.07) is 13.9. The van der Waals surface area contributed by atoms with Crippen LogP contribution in [-0.4, -0.2) is 23.6 Å². The molecule has 0 atom stereocenters. The van der Waals surface area contributed by atoms with Crippen LogP contribution in [0.15, 0.2) is 54.2 Å². The van der Waals surface area contributed by atoms with Crippen LogP contribution in [0.5, 0.6) is 0 Å². The van der Waals surface area contributed by atoms with E-state index >= 15 is 0 Å². The van der Waals surface area contributed by atoms with Gasteiger partial charge in [0, 0.05) is 28.4 Å². The number of hydrogen-bond acceptors (Lipinski definition) is 4. The average Bonchev–Trinajstić information content (AvgIpc) is 3.06. The zero-order valence-electron chi connectivity index (χ0n) is 15.3. The number of hydrogen-bond donors (Lipinski definition) is 1. The minimum absolute atomic E-state index is 0.0161. The summed E-state index contributed by atoms with van der Waals surface area (Å²) in [4.78, 5) is 24.2. The molecule has 0 unspecified atom stereocenters. The summed E-state index contributed by atoms with van der Waals surface area (Å²) in [6.45, 7) is 0.0161. The van der Waals surface area contributed by atoms with Crippen molar-refractivity contribution in [2.24, 2.45) is 0 Å². The Bertz CT molecular complexity index is 1180. The van der Waals surface area contributed by atoms with E-state index in [1.54, 1.807) is 22.9 Å². The van der Waals surface area contributed by atoms with Gasteiger partial charge < -0.3 is 14.6 Å². The molecule has 1 heterocycles. The average molecular weight is 428 g/mol. The largest absolute Gasteiger partial charge is 0.468 e. The lowest BCUT2D eigenvalue weighted by atomic mass is 10.1. The van der Waals surface area contributed by atoms with Gasteiger partial charge in [0.05, 0.1) is 17.2 Å². The van der Waals surface area contributed by atoms with E-state index in [4.69, 9.17) is 27.9 Å². The molecule has 1 N–H and O–H groups in total. The summed E-state index contributed by atoms with van der Waals surface area (Å²) < 4.78 is 6.43. The number of carbonyl (C=O) groups excluding carboxylic acids is 2. The maximum atomic E-state index is 12.6. The van der Waals surface area contributed by atoms with Gasteiger partial charge in [-0.15, -0.1) is 0 Å². The number of fused-ring (bicyclic) bond motifs is 1. The third-order valence-corrected chi connectivity index (χ3v) is 4.93. The molecular formula is C21H15Cl2N3O3. The molecule has 0 fully saturated rings. The van der Waals surface area contributed by atoms with Crippen LogP contribution >= 0.6 is 23.2 Å². The molecule has 0 aliphatic carbocycles. The number of benzene rings is 2. The molecule has 0 saturated carbocycles. The van der Waals surface area contributed by atoms with Crippen molar-refractivity contribution in [2.75, 3.05) is 12.4 Å². The van der Waals surface area contributed by atoms with Crippen LogP contribution in [0.3, 0.4) is 0 Å². The maximum Gasteiger partial charge on any atom is 0.325 e. The van der Waals surface area contributed by atoms with Crippen LogP contribution in [0.1, 0.15) is 5.56 Å². The minimum atomic E-state index is -0.587. The highest BCUT2D eigenvalue weighted by Crippen LogP contribution is 2.26. The minimum Gasteiger partial charge on any atom is -0.468 e. The Morgan fingerprint density at radius 3 is 2.66 bits per heavy atom. The topological polar surface area (TPSA) is 84.1 Å². The summed E-state index contributed by atoms with van der Waals surface area (Å²) in [7, 11) is 1.32. The van der Waals surface area contributed by atoms with Gasteiger partial charge in [0.2, 0.25) is 0 Å². The fraction of sp³-hybridized carbons (Fsp3) is 0.0952. The second-order valence-electron chi connectivity index (χ2n) is 6.06. The van der Waals surface area contributed by atoms with E-state index in [2.05, 4.69) is 5.32 Å². The molecule has 29 heavy (non-hydrogen) atoms. The van der Waals surface area contributed by atoms with Gasteiger partial charge in [-0.2, -0.15) is 5.26 Å². The summed E-state index contributed by atoms with van der Waals surface area (Å²) in [6.07, 6.45) is 3.17. The zero-order valence-corrected chi connectivity index (χ0v) is 16.8. The molecule has 0 spiro atoms. The van der Waals surface area contributed by atoms with Crippen molar-refractivity contribution in [3.8, 4) is 6.07 Å². The first-order chi connectivity index (χ1) is 13.9. The molecular weight excluding hydrogens is 413 g/mol. The highest BCUT2D eigenvalue weighted by molar-refractivity contribution is 6.42. The normalized spacial score (nSPS) is 11.2. The van der Waals surface area contributed by atoms with E-state index in [-0.39, 0.29) is 17.1 Å². The number of aromatic nitrogens is 1. The Morgan fingerprint density at radius 1 is 1.21 bits per heavy atom. The number of para-hydroxylation sites is 1. The molecule has 1 amide bonds. The van der Waals surface area contributed by atoms with Crippen molar-refractivity contribution in [3.05, 3.63) is 69.8 Å². The number of nitrogens with one attached hydrogen (secondary N) is 1. The number of ether oxygens (including phenoxy) is 1. The van der Waals surface area contributed by atoms with Crippen molar-refractivity contribution in [2.45, 2.75) is 6.54 Å². The second-order valence-corrected chi connectivity index (χ2v) is 6.87. The SMILES string of the molecule is COC(=O)Cn1cc(/C=C(\C#N)C(=O)Nc2ccc(Cl)c(Cl)c2)c2ccccc21. The van der Waals surface area contributed by atoms with Gasteiger partial charge in [-0.25, -0.2) is 0 Å². The monoisotopic (exact) mass is 427 g/mol. The number of halogens is 2. The van der Waals surface area contributed by atoms with E-state index in [1.807, 2.05) is 30.3 Å². The summed E-state index contributed by atoms with van der Waals surface area (Å²) in [5.74, 6) is -0.991. The van der Waals surface area contributed by atoms with Crippen molar-refractivity contribution in [3.63, 3.8) is 0 Å². The van der Waals surface area contributed by atoms with Crippen LogP contribution in [0, 0.1) is 11.3 Å².